The van der Waals surface area contributed by atoms with Crippen LogP contribution < -0.4 is 33.6 Å². The van der Waals surface area contributed by atoms with Crippen LogP contribution in [0.15, 0.2) is 48.5 Å². The fraction of sp³-hybridized carbons (Fsp3) is 0.333. The molecule has 0 aromatic heterocycles. The Bertz CT molecular complexity index is 463. The summed E-state index contributed by atoms with van der Waals surface area (Å²) in [6.07, 6.45) is 0. The van der Waals surface area contributed by atoms with Crippen LogP contribution in [0.3, 0.4) is 0 Å². The minimum Gasteiger partial charge on any atom is -1.00 e. The molecule has 2 rings (SSSR count). The first-order chi connectivity index (χ1) is 9.06. The Kier molecular flexibility index (Phi) is 7.04. The molecule has 0 amide bonds. The molecule has 108 valence electrons. The zero-order valence-electron chi connectivity index (χ0n) is 12.5. The summed E-state index contributed by atoms with van der Waals surface area (Å²) in [5.74, 6) is 1.25. The van der Waals surface area contributed by atoms with Crippen molar-refractivity contribution >= 4 is 0 Å². The Balaban J connectivity index is 0.00000200. The molecule has 0 aliphatic carbocycles. The van der Waals surface area contributed by atoms with E-state index < -0.39 is 0 Å². The molecule has 0 aliphatic heterocycles. The van der Waals surface area contributed by atoms with E-state index >= 15 is 0 Å². The topological polar surface area (TPSA) is 0 Å². The Morgan fingerprint density at radius 3 is 1.15 bits per heavy atom. The molecule has 20 heavy (non-hydrogen) atoms. The average molecular weight is 401 g/mol. The fourth-order valence-corrected chi connectivity index (χ4v) is 4.10. The number of hydrogen-bond donors (Lipinski definition) is 0. The predicted molar refractivity (Wildman–Crippen MR) is 78.5 cm³/mol. The maximum absolute atomic E-state index is 2.30. The summed E-state index contributed by atoms with van der Waals surface area (Å²) in [6.45, 7) is 8.98. The van der Waals surface area contributed by atoms with Gasteiger partial charge in [-0.3, -0.25) is 0 Å². The summed E-state index contributed by atoms with van der Waals surface area (Å²) in [5.41, 5.74) is 2.87. The Labute approximate surface area is 139 Å². The predicted octanol–water partition coefficient (Wildman–Crippen LogP) is -0.934. The Morgan fingerprint density at radius 1 is 0.600 bits per heavy atom. The Morgan fingerprint density at radius 2 is 0.900 bits per heavy atom. The minimum absolute atomic E-state index is 0. The zero-order valence-corrected chi connectivity index (χ0v) is 15.4. The maximum atomic E-state index is 2.30. The van der Waals surface area contributed by atoms with Gasteiger partial charge in [-0.2, -0.15) is 0 Å². The largest absolute Gasteiger partial charge is 1.00 e. The normalized spacial score (nSPS) is 10.7. The van der Waals surface area contributed by atoms with Crippen molar-refractivity contribution in [2.45, 2.75) is 39.5 Å². The molecule has 0 unspecified atom stereocenters. The van der Waals surface area contributed by atoms with Crippen LogP contribution in [0.5, 0.6) is 0 Å². The molecule has 0 N–H and O–H groups in total. The zero-order chi connectivity index (χ0) is 13.8. The molecule has 0 bridgehead atoms. The average Bonchev–Trinajstić information content (AvgIpc) is 2.40. The van der Waals surface area contributed by atoms with Gasteiger partial charge in [-0.15, -0.1) is 0 Å². The molecule has 0 radical (unpaired) electrons. The van der Waals surface area contributed by atoms with E-state index in [0.717, 1.165) is 0 Å². The second-order valence-electron chi connectivity index (χ2n) is 5.51. The highest BCUT2D eigenvalue weighted by Gasteiger charge is 2.15. The number of hydrogen-bond acceptors (Lipinski definition) is 0. The number of rotatable bonds is 4. The van der Waals surface area contributed by atoms with Crippen LogP contribution in [0.25, 0.3) is 0 Å². The van der Waals surface area contributed by atoms with Crippen LogP contribution in [0.2, 0.25) is 0 Å². The van der Waals surface area contributed by atoms with Crippen molar-refractivity contribution in [2.24, 2.45) is 0 Å². The smallest absolute Gasteiger partial charge is 0.357 e. The van der Waals surface area contributed by atoms with Gasteiger partial charge in [-0.25, -0.2) is 0 Å². The molecule has 0 fully saturated rings. The molecule has 0 spiro atoms. The molecule has 0 aliphatic rings. The van der Waals surface area contributed by atoms with E-state index in [1.807, 2.05) is 0 Å². The van der Waals surface area contributed by atoms with E-state index in [2.05, 4.69) is 76.2 Å². The summed E-state index contributed by atoms with van der Waals surface area (Å²) in [6, 6.07) is 18.3. The van der Waals surface area contributed by atoms with Crippen LogP contribution in [0.1, 0.15) is 50.7 Å². The SMILES string of the molecule is CC(C)c1ccc([I+]c2ccc(C(C)C)cc2)cc1.[Cl-]. The van der Waals surface area contributed by atoms with Gasteiger partial charge in [-0.05, 0) is 47.2 Å². The number of halogens is 2. The van der Waals surface area contributed by atoms with Gasteiger partial charge < -0.3 is 12.4 Å². The third-order valence-corrected chi connectivity index (χ3v) is 5.98. The molecular formula is C18H22ClI. The van der Waals surface area contributed by atoms with Gasteiger partial charge in [0.25, 0.3) is 0 Å². The molecular weight excluding hydrogens is 379 g/mol. The molecule has 0 atom stereocenters. The van der Waals surface area contributed by atoms with E-state index in [1.54, 1.807) is 0 Å². The first-order valence-electron chi connectivity index (χ1n) is 6.91. The highest BCUT2D eigenvalue weighted by atomic mass is 127. The maximum Gasteiger partial charge on any atom is 0.357 e. The third kappa shape index (κ3) is 4.78. The van der Waals surface area contributed by atoms with Crippen LogP contribution in [0.4, 0.5) is 0 Å². The van der Waals surface area contributed by atoms with Crippen molar-refractivity contribution < 1.29 is 33.6 Å². The molecule has 0 heterocycles. The first-order valence-corrected chi connectivity index (χ1v) is 9.06. The van der Waals surface area contributed by atoms with Crippen molar-refractivity contribution in [1.82, 2.24) is 0 Å². The van der Waals surface area contributed by atoms with Crippen LogP contribution in [0, 0.1) is 7.14 Å². The lowest BCUT2D eigenvalue weighted by Gasteiger charge is -2.03. The lowest BCUT2D eigenvalue weighted by Crippen LogP contribution is -3.61. The van der Waals surface area contributed by atoms with Crippen molar-refractivity contribution in [3.05, 3.63) is 66.8 Å². The molecule has 0 saturated carbocycles. The van der Waals surface area contributed by atoms with Crippen molar-refractivity contribution in [1.29, 1.82) is 0 Å². The summed E-state index contributed by atoms with van der Waals surface area (Å²) < 4.78 is 3.00. The van der Waals surface area contributed by atoms with E-state index in [0.29, 0.717) is 11.8 Å². The van der Waals surface area contributed by atoms with E-state index in [4.69, 9.17) is 0 Å². The molecule has 2 heteroatoms. The van der Waals surface area contributed by atoms with Gasteiger partial charge in [-0.1, -0.05) is 52.0 Å². The lowest BCUT2D eigenvalue weighted by atomic mass is 10.0. The van der Waals surface area contributed by atoms with Crippen molar-refractivity contribution in [2.75, 3.05) is 0 Å². The third-order valence-electron chi connectivity index (χ3n) is 3.29. The quantitative estimate of drug-likeness (QED) is 0.582. The minimum atomic E-state index is -0.0366. The highest BCUT2D eigenvalue weighted by molar-refractivity contribution is 5.19. The highest BCUT2D eigenvalue weighted by Crippen LogP contribution is 2.13. The van der Waals surface area contributed by atoms with Crippen LogP contribution in [-0.4, -0.2) is 0 Å². The lowest BCUT2D eigenvalue weighted by molar-refractivity contribution is -0.597. The van der Waals surface area contributed by atoms with Gasteiger partial charge >= 0.3 is 21.2 Å². The number of benzene rings is 2. The van der Waals surface area contributed by atoms with Crippen molar-refractivity contribution in [3.63, 3.8) is 0 Å². The summed E-state index contributed by atoms with van der Waals surface area (Å²) in [4.78, 5) is 0. The molecule has 2 aromatic carbocycles. The monoisotopic (exact) mass is 400 g/mol. The first kappa shape index (κ1) is 17.5. The Hall–Kier alpha value is -0.540. The van der Waals surface area contributed by atoms with Gasteiger partial charge in [0.05, 0.1) is 0 Å². The second-order valence-corrected chi connectivity index (χ2v) is 8.54. The van der Waals surface area contributed by atoms with Crippen LogP contribution in [-0.2, 0) is 0 Å². The van der Waals surface area contributed by atoms with Crippen molar-refractivity contribution in [3.8, 4) is 0 Å². The molecule has 0 nitrogen and oxygen atoms in total. The second kappa shape index (κ2) is 8.04. The molecule has 2 aromatic rings. The standard InChI is InChI=1S/C18H22I.ClH/c1-13(2)15-5-9-17(10-6-15)19-18-11-7-16(8-12-18)14(3)4;/h5-14H,1-4H3;1H/q+1;/p-1. The summed E-state index contributed by atoms with van der Waals surface area (Å²) in [7, 11) is 0. The fourth-order valence-electron chi connectivity index (χ4n) is 1.95. The van der Waals surface area contributed by atoms with E-state index in [9.17, 15) is 0 Å². The van der Waals surface area contributed by atoms with E-state index in [-0.39, 0.29) is 33.6 Å². The van der Waals surface area contributed by atoms with Crippen LogP contribution >= 0.6 is 0 Å². The van der Waals surface area contributed by atoms with Gasteiger partial charge in [0.15, 0.2) is 7.14 Å². The summed E-state index contributed by atoms with van der Waals surface area (Å²) in [5, 5.41) is 0. The van der Waals surface area contributed by atoms with E-state index in [1.165, 1.54) is 18.3 Å². The summed E-state index contributed by atoms with van der Waals surface area (Å²) >= 11 is -0.0366. The van der Waals surface area contributed by atoms with Gasteiger partial charge in [0.1, 0.15) is 0 Å². The van der Waals surface area contributed by atoms with Gasteiger partial charge in [0, 0.05) is 0 Å². The van der Waals surface area contributed by atoms with Gasteiger partial charge in [0.2, 0.25) is 0 Å². The molecule has 0 saturated heterocycles.